The molecule has 5 heteroatoms. The molecule has 0 aliphatic rings. The summed E-state index contributed by atoms with van der Waals surface area (Å²) in [6.45, 7) is 3.38. The first-order valence-corrected chi connectivity index (χ1v) is 7.02. The Balaban J connectivity index is 2.29. The Morgan fingerprint density at radius 1 is 1.05 bits per heavy atom. The lowest BCUT2D eigenvalue weighted by Crippen LogP contribution is -2.29. The van der Waals surface area contributed by atoms with Crippen molar-refractivity contribution in [3.63, 3.8) is 0 Å². The first-order valence-electron chi connectivity index (χ1n) is 6.26. The van der Waals surface area contributed by atoms with Gasteiger partial charge in [-0.3, -0.25) is 4.79 Å². The molecular formula is C16H14Cl2O3. The van der Waals surface area contributed by atoms with E-state index in [1.807, 2.05) is 12.1 Å². The van der Waals surface area contributed by atoms with Crippen molar-refractivity contribution in [2.75, 3.05) is 0 Å². The highest BCUT2D eigenvalue weighted by atomic mass is 35.5. The van der Waals surface area contributed by atoms with Crippen LogP contribution in [-0.4, -0.2) is 17.0 Å². The van der Waals surface area contributed by atoms with Gasteiger partial charge in [0.25, 0.3) is 0 Å². The zero-order valence-corrected chi connectivity index (χ0v) is 13.1. The molecule has 0 aromatic heterocycles. The molecule has 21 heavy (non-hydrogen) atoms. The number of carbonyl (C=O) groups excluding carboxylic acids is 1. The average Bonchev–Trinajstić information content (AvgIpc) is 2.44. The first kappa shape index (κ1) is 15.7. The van der Waals surface area contributed by atoms with Crippen molar-refractivity contribution in [2.45, 2.75) is 19.4 Å². The highest BCUT2D eigenvalue weighted by Gasteiger charge is 2.18. The third-order valence-electron chi connectivity index (χ3n) is 2.87. The Labute approximate surface area is 133 Å². The molecule has 110 valence electrons. The Morgan fingerprint density at radius 2 is 1.57 bits per heavy atom. The van der Waals surface area contributed by atoms with Crippen molar-refractivity contribution >= 4 is 29.5 Å². The van der Waals surface area contributed by atoms with Gasteiger partial charge in [0.2, 0.25) is 0 Å². The largest absolute Gasteiger partial charge is 0.505 e. The fourth-order valence-electron chi connectivity index (χ4n) is 1.78. The fourth-order valence-corrected chi connectivity index (χ4v) is 2.26. The number of rotatable bonds is 4. The Kier molecular flexibility index (Phi) is 4.45. The van der Waals surface area contributed by atoms with Crippen LogP contribution in [0.15, 0.2) is 36.4 Å². The minimum Gasteiger partial charge on any atom is -0.505 e. The van der Waals surface area contributed by atoms with Crippen LogP contribution in [0, 0.1) is 0 Å². The predicted molar refractivity (Wildman–Crippen MR) is 84.3 cm³/mol. The van der Waals surface area contributed by atoms with Gasteiger partial charge in [-0.05, 0) is 49.2 Å². The molecule has 2 aromatic carbocycles. The molecule has 2 aromatic rings. The summed E-state index contributed by atoms with van der Waals surface area (Å²) in [6, 6.07) is 10.4. The molecule has 0 spiro atoms. The first-order chi connectivity index (χ1) is 9.82. The summed E-state index contributed by atoms with van der Waals surface area (Å²) in [6.07, 6.45) is 0.750. The van der Waals surface area contributed by atoms with Crippen LogP contribution < -0.4 is 4.74 Å². The van der Waals surface area contributed by atoms with E-state index in [-0.39, 0.29) is 15.8 Å². The summed E-state index contributed by atoms with van der Waals surface area (Å²) in [5.41, 5.74) is 0.784. The lowest BCUT2D eigenvalue weighted by Gasteiger charge is -2.19. The molecule has 0 amide bonds. The lowest BCUT2D eigenvalue weighted by atomic mass is 10.1. The normalized spacial score (nSPS) is 11.2. The second-order valence-corrected chi connectivity index (χ2v) is 5.95. The van der Waals surface area contributed by atoms with E-state index in [0.717, 1.165) is 17.4 Å². The molecule has 0 saturated carbocycles. The van der Waals surface area contributed by atoms with Crippen LogP contribution in [0.1, 0.15) is 13.8 Å². The van der Waals surface area contributed by atoms with E-state index < -0.39 is 5.60 Å². The smallest absolute Gasteiger partial charge is 0.162 e. The SMILES string of the molecule is CC(C)(C=O)Oc1ccc(-c2cc(Cl)c(O)c(Cl)c2)cc1. The maximum atomic E-state index is 10.8. The van der Waals surface area contributed by atoms with Crippen molar-refractivity contribution in [3.8, 4) is 22.6 Å². The van der Waals surface area contributed by atoms with Crippen LogP contribution in [0.4, 0.5) is 0 Å². The van der Waals surface area contributed by atoms with Crippen LogP contribution in [0.3, 0.4) is 0 Å². The number of benzene rings is 2. The molecule has 0 aliphatic carbocycles. The standard InChI is InChI=1S/C16H14Cl2O3/c1-16(2,9-19)21-12-5-3-10(4-6-12)11-7-13(17)15(20)14(18)8-11/h3-9,20H,1-2H3. The maximum Gasteiger partial charge on any atom is 0.162 e. The predicted octanol–water partition coefficient (Wildman–Crippen LogP) is 4.72. The third-order valence-corrected chi connectivity index (χ3v) is 3.45. The van der Waals surface area contributed by atoms with Crippen molar-refractivity contribution in [2.24, 2.45) is 0 Å². The zero-order valence-electron chi connectivity index (χ0n) is 11.6. The average molecular weight is 325 g/mol. The van der Waals surface area contributed by atoms with Crippen LogP contribution in [0.25, 0.3) is 11.1 Å². The van der Waals surface area contributed by atoms with Gasteiger partial charge in [0.15, 0.2) is 17.6 Å². The Bertz CT molecular complexity index is 641. The molecular weight excluding hydrogens is 311 g/mol. The highest BCUT2D eigenvalue weighted by Crippen LogP contribution is 2.36. The number of ether oxygens (including phenoxy) is 1. The summed E-state index contributed by atoms with van der Waals surface area (Å²) >= 11 is 11.8. The van der Waals surface area contributed by atoms with Crippen molar-refractivity contribution in [3.05, 3.63) is 46.4 Å². The van der Waals surface area contributed by atoms with E-state index in [9.17, 15) is 9.90 Å². The third kappa shape index (κ3) is 3.69. The molecule has 0 bridgehead atoms. The number of phenols is 1. The molecule has 2 rings (SSSR count). The van der Waals surface area contributed by atoms with E-state index in [0.29, 0.717) is 5.75 Å². The van der Waals surface area contributed by atoms with Gasteiger partial charge >= 0.3 is 0 Å². The van der Waals surface area contributed by atoms with E-state index in [1.165, 1.54) is 0 Å². The Morgan fingerprint density at radius 3 is 2.05 bits per heavy atom. The second-order valence-electron chi connectivity index (χ2n) is 5.14. The van der Waals surface area contributed by atoms with Crippen LogP contribution in [-0.2, 0) is 4.79 Å². The van der Waals surface area contributed by atoms with E-state index >= 15 is 0 Å². The van der Waals surface area contributed by atoms with Crippen molar-refractivity contribution < 1.29 is 14.6 Å². The molecule has 0 atom stereocenters. The summed E-state index contributed by atoms with van der Waals surface area (Å²) in [5, 5.41) is 9.95. The number of aromatic hydroxyl groups is 1. The number of hydrogen-bond acceptors (Lipinski definition) is 3. The molecule has 0 fully saturated rings. The number of hydrogen-bond donors (Lipinski definition) is 1. The molecule has 1 N–H and O–H groups in total. The van der Waals surface area contributed by atoms with E-state index in [4.69, 9.17) is 27.9 Å². The molecule has 0 radical (unpaired) electrons. The summed E-state index contributed by atoms with van der Waals surface area (Å²) in [7, 11) is 0. The Hall–Kier alpha value is -1.71. The van der Waals surface area contributed by atoms with Gasteiger partial charge in [-0.25, -0.2) is 0 Å². The number of carbonyl (C=O) groups is 1. The van der Waals surface area contributed by atoms with Gasteiger partial charge in [-0.1, -0.05) is 35.3 Å². The van der Waals surface area contributed by atoms with E-state index in [2.05, 4.69) is 0 Å². The van der Waals surface area contributed by atoms with Crippen molar-refractivity contribution in [1.29, 1.82) is 0 Å². The summed E-state index contributed by atoms with van der Waals surface area (Å²) in [4.78, 5) is 10.8. The molecule has 0 aliphatic heterocycles. The van der Waals surface area contributed by atoms with Crippen LogP contribution in [0.2, 0.25) is 10.0 Å². The molecule has 0 unspecified atom stereocenters. The molecule has 0 heterocycles. The zero-order chi connectivity index (χ0) is 15.6. The minimum absolute atomic E-state index is 0.130. The van der Waals surface area contributed by atoms with Gasteiger partial charge in [-0.15, -0.1) is 0 Å². The van der Waals surface area contributed by atoms with Gasteiger partial charge < -0.3 is 9.84 Å². The number of phenolic OH excluding ortho intramolecular Hbond substituents is 1. The lowest BCUT2D eigenvalue weighted by molar-refractivity contribution is -0.118. The number of halogens is 2. The number of aldehydes is 1. The second kappa shape index (κ2) is 5.96. The highest BCUT2D eigenvalue weighted by molar-refractivity contribution is 6.37. The van der Waals surface area contributed by atoms with Gasteiger partial charge in [0.1, 0.15) is 5.75 Å². The maximum absolute atomic E-state index is 10.8. The molecule has 0 saturated heterocycles. The van der Waals surface area contributed by atoms with Crippen LogP contribution >= 0.6 is 23.2 Å². The fraction of sp³-hybridized carbons (Fsp3) is 0.188. The van der Waals surface area contributed by atoms with Gasteiger partial charge in [0, 0.05) is 0 Å². The topological polar surface area (TPSA) is 46.5 Å². The monoisotopic (exact) mass is 324 g/mol. The minimum atomic E-state index is -0.868. The van der Waals surface area contributed by atoms with Gasteiger partial charge in [-0.2, -0.15) is 0 Å². The summed E-state index contributed by atoms with van der Waals surface area (Å²) < 4.78 is 5.55. The molecule has 3 nitrogen and oxygen atoms in total. The van der Waals surface area contributed by atoms with E-state index in [1.54, 1.807) is 38.1 Å². The van der Waals surface area contributed by atoms with Crippen molar-refractivity contribution in [1.82, 2.24) is 0 Å². The summed E-state index contributed by atoms with van der Waals surface area (Å²) in [5.74, 6) is 0.460. The van der Waals surface area contributed by atoms with Crippen LogP contribution in [0.5, 0.6) is 11.5 Å². The van der Waals surface area contributed by atoms with Gasteiger partial charge in [0.05, 0.1) is 10.0 Å². The quantitative estimate of drug-likeness (QED) is 0.827.